The van der Waals surface area contributed by atoms with Gasteiger partial charge in [-0.2, -0.15) is 0 Å². The number of methoxy groups -OCH3 is 3. The molecule has 0 spiro atoms. The summed E-state index contributed by atoms with van der Waals surface area (Å²) in [5, 5.41) is 0.499. The second kappa shape index (κ2) is 6.98. The first-order valence-corrected chi connectivity index (χ1v) is 9.42. The number of thiocarbonyl (C=S) groups is 1. The number of benzene rings is 2. The average Bonchev–Trinajstić information content (AvgIpc) is 2.94. The fourth-order valence-electron chi connectivity index (χ4n) is 3.90. The van der Waals surface area contributed by atoms with Crippen molar-refractivity contribution in [2.75, 3.05) is 26.2 Å². The van der Waals surface area contributed by atoms with Gasteiger partial charge >= 0.3 is 0 Å². The molecule has 1 amide bonds. The summed E-state index contributed by atoms with van der Waals surface area (Å²) in [5.74, 6) is 1.93. The van der Waals surface area contributed by atoms with Crippen LogP contribution in [-0.2, 0) is 17.8 Å². The molecule has 0 saturated carbocycles. The van der Waals surface area contributed by atoms with Crippen molar-refractivity contribution in [2.45, 2.75) is 25.9 Å². The number of ether oxygens (including phenoxy) is 3. The topological polar surface area (TPSA) is 51.2 Å². The molecule has 4 rings (SSSR count). The maximum atomic E-state index is 13.3. The first-order chi connectivity index (χ1) is 13.5. The maximum Gasteiger partial charge on any atom is 0.256 e. The number of rotatable bonds is 4. The van der Waals surface area contributed by atoms with Crippen molar-refractivity contribution in [2.24, 2.45) is 0 Å². The number of nitrogens with zero attached hydrogens (tertiary/aromatic N) is 2. The molecule has 2 aromatic carbocycles. The van der Waals surface area contributed by atoms with Gasteiger partial charge in [0.1, 0.15) is 11.8 Å². The van der Waals surface area contributed by atoms with Crippen molar-refractivity contribution in [3.8, 4) is 17.2 Å². The van der Waals surface area contributed by atoms with Gasteiger partial charge in [0.25, 0.3) is 5.91 Å². The average molecular weight is 398 g/mol. The summed E-state index contributed by atoms with van der Waals surface area (Å²) in [7, 11) is 4.83. The highest BCUT2D eigenvalue weighted by atomic mass is 32.1. The molecule has 6 nitrogen and oxygen atoms in total. The van der Waals surface area contributed by atoms with Crippen molar-refractivity contribution in [3.05, 3.63) is 47.0 Å². The Morgan fingerprint density at radius 3 is 2.25 bits per heavy atom. The molecule has 2 heterocycles. The molecule has 0 unspecified atom stereocenters. The Morgan fingerprint density at radius 1 is 0.964 bits per heavy atom. The van der Waals surface area contributed by atoms with Crippen LogP contribution in [0.2, 0.25) is 0 Å². The van der Waals surface area contributed by atoms with E-state index in [-0.39, 0.29) is 11.9 Å². The van der Waals surface area contributed by atoms with Gasteiger partial charge in [-0.05, 0) is 60.1 Å². The molecule has 2 aliphatic rings. The Bertz CT molecular complexity index is 924. The van der Waals surface area contributed by atoms with Crippen LogP contribution in [0.4, 0.5) is 5.69 Å². The number of hydrogen-bond donors (Lipinski definition) is 0. The lowest BCUT2D eigenvalue weighted by Gasteiger charge is -2.31. The molecule has 0 N–H and O–H groups in total. The van der Waals surface area contributed by atoms with Gasteiger partial charge in [-0.15, -0.1) is 0 Å². The van der Waals surface area contributed by atoms with E-state index in [9.17, 15) is 4.79 Å². The van der Waals surface area contributed by atoms with Gasteiger partial charge in [-0.3, -0.25) is 9.69 Å². The Balaban J connectivity index is 1.73. The zero-order valence-corrected chi connectivity index (χ0v) is 17.1. The predicted molar refractivity (Wildman–Crippen MR) is 110 cm³/mol. The summed E-state index contributed by atoms with van der Waals surface area (Å²) in [6.45, 7) is 2.53. The van der Waals surface area contributed by atoms with Crippen molar-refractivity contribution in [3.63, 3.8) is 0 Å². The minimum atomic E-state index is -0.330. The third-order valence-corrected chi connectivity index (χ3v) is 5.77. The standard InChI is InChI=1S/C21H22N2O4S/c1-12-5-6-17(25-2)15(7-12)23-20(24)16-8-13-9-18(26-3)19(27-4)10-14(13)11-22(16)21(23)28/h5-7,9-10,16H,8,11H2,1-4H3/t16-/m0/s1. The van der Waals surface area contributed by atoms with Crippen LogP contribution in [0, 0.1) is 6.92 Å². The van der Waals surface area contributed by atoms with E-state index >= 15 is 0 Å². The molecule has 0 radical (unpaired) electrons. The molecule has 2 aliphatic heterocycles. The van der Waals surface area contributed by atoms with Crippen molar-refractivity contribution >= 4 is 28.9 Å². The van der Waals surface area contributed by atoms with Crippen molar-refractivity contribution in [1.29, 1.82) is 0 Å². The summed E-state index contributed by atoms with van der Waals surface area (Å²) in [4.78, 5) is 16.9. The fourth-order valence-corrected chi connectivity index (χ4v) is 4.28. The van der Waals surface area contributed by atoms with Gasteiger partial charge in [0.15, 0.2) is 16.6 Å². The van der Waals surface area contributed by atoms with Gasteiger partial charge in [0, 0.05) is 13.0 Å². The number of aryl methyl sites for hydroxylation is 1. The summed E-state index contributed by atoms with van der Waals surface area (Å²) in [5.41, 5.74) is 3.88. The summed E-state index contributed by atoms with van der Waals surface area (Å²) >= 11 is 5.71. The fraction of sp³-hybridized carbons (Fsp3) is 0.333. The Hall–Kier alpha value is -2.80. The van der Waals surface area contributed by atoms with Gasteiger partial charge in [-0.25, -0.2) is 0 Å². The highest BCUT2D eigenvalue weighted by molar-refractivity contribution is 7.80. The first-order valence-electron chi connectivity index (χ1n) is 9.01. The van der Waals surface area contributed by atoms with E-state index in [1.807, 2.05) is 42.2 Å². The lowest BCUT2D eigenvalue weighted by Crippen LogP contribution is -2.40. The normalized spacial score (nSPS) is 18.1. The molecule has 0 aliphatic carbocycles. The number of anilines is 1. The van der Waals surface area contributed by atoms with E-state index in [0.29, 0.717) is 41.0 Å². The van der Waals surface area contributed by atoms with Crippen LogP contribution in [0.15, 0.2) is 30.3 Å². The highest BCUT2D eigenvalue weighted by Gasteiger charge is 2.46. The monoisotopic (exact) mass is 398 g/mol. The van der Waals surface area contributed by atoms with Gasteiger partial charge in [-0.1, -0.05) is 6.07 Å². The largest absolute Gasteiger partial charge is 0.495 e. The number of carbonyl (C=O) groups excluding carboxylic acids is 1. The van der Waals surface area contributed by atoms with Gasteiger partial charge in [0.05, 0.1) is 27.0 Å². The van der Waals surface area contributed by atoms with E-state index in [1.54, 1.807) is 26.2 Å². The Kier molecular flexibility index (Phi) is 4.63. The van der Waals surface area contributed by atoms with E-state index in [1.165, 1.54) is 0 Å². The van der Waals surface area contributed by atoms with Crippen LogP contribution in [-0.4, -0.2) is 43.3 Å². The minimum Gasteiger partial charge on any atom is -0.495 e. The number of fused-ring (bicyclic) bond motifs is 2. The summed E-state index contributed by atoms with van der Waals surface area (Å²) < 4.78 is 16.3. The molecule has 146 valence electrons. The molecule has 28 heavy (non-hydrogen) atoms. The quantitative estimate of drug-likeness (QED) is 0.738. The molecule has 1 saturated heterocycles. The molecule has 2 aromatic rings. The van der Waals surface area contributed by atoms with E-state index in [2.05, 4.69) is 0 Å². The lowest BCUT2D eigenvalue weighted by molar-refractivity contribution is -0.120. The first kappa shape index (κ1) is 18.6. The molecule has 1 fully saturated rings. The lowest BCUT2D eigenvalue weighted by atomic mass is 9.94. The zero-order valence-electron chi connectivity index (χ0n) is 16.3. The van der Waals surface area contributed by atoms with Crippen molar-refractivity contribution < 1.29 is 19.0 Å². The molecular weight excluding hydrogens is 376 g/mol. The molecular formula is C21H22N2O4S. The third kappa shape index (κ3) is 2.77. The second-order valence-electron chi connectivity index (χ2n) is 6.96. The maximum absolute atomic E-state index is 13.3. The summed E-state index contributed by atoms with van der Waals surface area (Å²) in [6.07, 6.45) is 0.569. The van der Waals surface area contributed by atoms with E-state index in [0.717, 1.165) is 16.7 Å². The van der Waals surface area contributed by atoms with Crippen LogP contribution in [0.1, 0.15) is 16.7 Å². The highest BCUT2D eigenvalue weighted by Crippen LogP contribution is 2.40. The van der Waals surface area contributed by atoms with Gasteiger partial charge in [0.2, 0.25) is 0 Å². The smallest absolute Gasteiger partial charge is 0.256 e. The predicted octanol–water partition coefficient (Wildman–Crippen LogP) is 3.08. The van der Waals surface area contributed by atoms with E-state index in [4.69, 9.17) is 26.4 Å². The van der Waals surface area contributed by atoms with Crippen LogP contribution < -0.4 is 19.1 Å². The molecule has 1 atom stereocenters. The van der Waals surface area contributed by atoms with E-state index < -0.39 is 0 Å². The molecule has 0 aromatic heterocycles. The molecule has 7 heteroatoms. The Morgan fingerprint density at radius 2 is 1.61 bits per heavy atom. The summed E-state index contributed by atoms with van der Waals surface area (Å²) in [6, 6.07) is 9.34. The SMILES string of the molecule is COc1cc2c(cc1OC)CN1C(=S)N(c3cc(C)ccc3OC)C(=O)[C@@H]1C2. The Labute approximate surface area is 169 Å². The second-order valence-corrected chi connectivity index (χ2v) is 7.32. The zero-order chi connectivity index (χ0) is 20.0. The number of hydrogen-bond acceptors (Lipinski definition) is 5. The van der Waals surface area contributed by atoms with Crippen LogP contribution in [0.5, 0.6) is 17.2 Å². The number of carbonyl (C=O) groups is 1. The van der Waals surface area contributed by atoms with Crippen LogP contribution >= 0.6 is 12.2 Å². The van der Waals surface area contributed by atoms with Crippen LogP contribution in [0.3, 0.4) is 0 Å². The van der Waals surface area contributed by atoms with Crippen LogP contribution in [0.25, 0.3) is 0 Å². The van der Waals surface area contributed by atoms with Crippen molar-refractivity contribution in [1.82, 2.24) is 4.90 Å². The minimum absolute atomic E-state index is 0.0330. The molecule has 0 bridgehead atoms. The number of amides is 1. The third-order valence-electron chi connectivity index (χ3n) is 5.35. The van der Waals surface area contributed by atoms with Gasteiger partial charge < -0.3 is 19.1 Å².